The highest BCUT2D eigenvalue weighted by molar-refractivity contribution is 7.99. The molecule has 0 aliphatic carbocycles. The van der Waals surface area contributed by atoms with Gasteiger partial charge in [0.15, 0.2) is 5.16 Å². The molecule has 0 saturated carbocycles. The maximum atomic E-state index is 9.89. The third-order valence-corrected chi connectivity index (χ3v) is 4.99. The molecule has 21 heavy (non-hydrogen) atoms. The van der Waals surface area contributed by atoms with Gasteiger partial charge in [0.05, 0.1) is 27.7 Å². The van der Waals surface area contributed by atoms with E-state index in [0.717, 1.165) is 11.8 Å². The van der Waals surface area contributed by atoms with E-state index in [1.807, 2.05) is 0 Å². The number of H-pyrrole nitrogens is 1. The third-order valence-electron chi connectivity index (χ3n) is 3.23. The third kappa shape index (κ3) is 2.87. The van der Waals surface area contributed by atoms with Gasteiger partial charge in [-0.3, -0.25) is 0 Å². The van der Waals surface area contributed by atoms with Crippen molar-refractivity contribution in [2.45, 2.75) is 28.9 Å². The van der Waals surface area contributed by atoms with E-state index < -0.39 is 23.7 Å². The highest BCUT2D eigenvalue weighted by Gasteiger charge is 2.43. The molecule has 114 valence electrons. The molecule has 6 nitrogen and oxygen atoms in total. The lowest BCUT2D eigenvalue weighted by molar-refractivity contribution is -0.00810. The van der Waals surface area contributed by atoms with Crippen molar-refractivity contribution in [1.29, 1.82) is 0 Å². The summed E-state index contributed by atoms with van der Waals surface area (Å²) < 4.78 is 5.38. The molecule has 2 unspecified atom stereocenters. The Labute approximate surface area is 134 Å². The van der Waals surface area contributed by atoms with E-state index in [-0.39, 0.29) is 6.61 Å². The maximum Gasteiger partial charge on any atom is 0.168 e. The van der Waals surface area contributed by atoms with E-state index in [4.69, 9.17) is 33.0 Å². The van der Waals surface area contributed by atoms with E-state index in [1.165, 1.54) is 0 Å². The molecular formula is C12H12Cl2N2O4S. The summed E-state index contributed by atoms with van der Waals surface area (Å²) in [6.07, 6.45) is -3.03. The SMILES string of the molecule is OC[C@H]1O[C@@H](Sc2nc3cc(Cl)c(Cl)cc3[nH]2)C(O)C1O. The summed E-state index contributed by atoms with van der Waals surface area (Å²) in [6.45, 7) is -0.360. The van der Waals surface area contributed by atoms with Gasteiger partial charge in [0.1, 0.15) is 23.7 Å². The molecule has 1 aliphatic heterocycles. The molecule has 4 N–H and O–H groups in total. The summed E-state index contributed by atoms with van der Waals surface area (Å²) >= 11 is 13.0. The minimum Gasteiger partial charge on any atom is -0.394 e. The Morgan fingerprint density at radius 2 is 1.95 bits per heavy atom. The minimum absolute atomic E-state index is 0.360. The molecule has 4 atom stereocenters. The molecule has 2 aromatic rings. The number of hydrogen-bond acceptors (Lipinski definition) is 6. The van der Waals surface area contributed by atoms with Gasteiger partial charge in [0, 0.05) is 0 Å². The Balaban J connectivity index is 1.82. The van der Waals surface area contributed by atoms with Crippen LogP contribution in [0.4, 0.5) is 0 Å². The van der Waals surface area contributed by atoms with Crippen LogP contribution in [0.25, 0.3) is 11.0 Å². The Morgan fingerprint density at radius 1 is 1.24 bits per heavy atom. The zero-order valence-electron chi connectivity index (χ0n) is 10.5. The van der Waals surface area contributed by atoms with Crippen molar-refractivity contribution in [2.24, 2.45) is 0 Å². The number of ether oxygens (including phenoxy) is 1. The van der Waals surface area contributed by atoms with Gasteiger partial charge in [0.25, 0.3) is 0 Å². The molecule has 2 heterocycles. The quantitative estimate of drug-likeness (QED) is 0.667. The summed E-state index contributed by atoms with van der Waals surface area (Å²) in [7, 11) is 0. The van der Waals surface area contributed by atoms with E-state index in [0.29, 0.717) is 26.2 Å². The number of halogens is 2. The number of hydrogen-bond donors (Lipinski definition) is 4. The number of benzene rings is 1. The van der Waals surface area contributed by atoms with Gasteiger partial charge in [-0.05, 0) is 12.1 Å². The van der Waals surface area contributed by atoms with Crippen LogP contribution in [0.2, 0.25) is 10.0 Å². The normalized spacial score (nSPS) is 29.4. The number of thioether (sulfide) groups is 1. The van der Waals surface area contributed by atoms with Crippen LogP contribution in [-0.2, 0) is 4.74 Å². The number of nitrogens with zero attached hydrogens (tertiary/aromatic N) is 1. The largest absolute Gasteiger partial charge is 0.394 e. The fourth-order valence-corrected chi connectivity index (χ4v) is 3.47. The number of aromatic amines is 1. The highest BCUT2D eigenvalue weighted by atomic mass is 35.5. The molecule has 1 aromatic carbocycles. The van der Waals surface area contributed by atoms with Crippen LogP contribution in [0.5, 0.6) is 0 Å². The topological polar surface area (TPSA) is 98.6 Å². The van der Waals surface area contributed by atoms with Crippen molar-refractivity contribution in [3.8, 4) is 0 Å². The second kappa shape index (κ2) is 5.92. The number of aliphatic hydroxyl groups excluding tert-OH is 3. The van der Waals surface area contributed by atoms with Crippen LogP contribution in [0.3, 0.4) is 0 Å². The molecular weight excluding hydrogens is 339 g/mol. The predicted octanol–water partition coefficient (Wildman–Crippen LogP) is 1.40. The summed E-state index contributed by atoms with van der Waals surface area (Å²) in [5.41, 5.74) is 0.626. The Kier molecular flexibility index (Phi) is 4.33. The zero-order chi connectivity index (χ0) is 15.1. The van der Waals surface area contributed by atoms with Crippen LogP contribution in [0.1, 0.15) is 0 Å². The van der Waals surface area contributed by atoms with Crippen LogP contribution in [0, 0.1) is 0 Å². The number of imidazole rings is 1. The molecule has 0 spiro atoms. The number of aliphatic hydroxyl groups is 3. The summed E-state index contributed by atoms with van der Waals surface area (Å²) in [5.74, 6) is 0. The molecule has 0 bridgehead atoms. The minimum atomic E-state index is -1.12. The zero-order valence-corrected chi connectivity index (χ0v) is 12.9. The Bertz CT molecular complexity index is 629. The fourth-order valence-electron chi connectivity index (χ4n) is 2.11. The predicted molar refractivity (Wildman–Crippen MR) is 79.7 cm³/mol. The second-order valence-electron chi connectivity index (χ2n) is 4.65. The molecule has 1 aromatic heterocycles. The number of aromatic nitrogens is 2. The van der Waals surface area contributed by atoms with Crippen molar-refractivity contribution >= 4 is 46.0 Å². The van der Waals surface area contributed by atoms with Crippen LogP contribution < -0.4 is 0 Å². The summed E-state index contributed by atoms with van der Waals surface area (Å²) in [6, 6.07) is 3.30. The van der Waals surface area contributed by atoms with Gasteiger partial charge in [0.2, 0.25) is 0 Å². The summed E-state index contributed by atoms with van der Waals surface area (Å²) in [4.78, 5) is 7.35. The lowest BCUT2D eigenvalue weighted by atomic mass is 10.2. The standard InChI is InChI=1S/C12H12Cl2N2O4S/c13-4-1-6-7(2-5(4)14)16-12(15-6)21-11-10(19)9(18)8(3-17)20-11/h1-2,8-11,17-19H,3H2,(H,15,16)/t8-,9?,10?,11+/m1/s1. The monoisotopic (exact) mass is 350 g/mol. The van der Waals surface area contributed by atoms with Crippen molar-refractivity contribution in [3.63, 3.8) is 0 Å². The number of fused-ring (bicyclic) bond motifs is 1. The van der Waals surface area contributed by atoms with Gasteiger partial charge in [-0.1, -0.05) is 35.0 Å². The molecule has 3 rings (SSSR count). The van der Waals surface area contributed by atoms with Crippen LogP contribution >= 0.6 is 35.0 Å². The Morgan fingerprint density at radius 3 is 2.62 bits per heavy atom. The average molecular weight is 351 g/mol. The van der Waals surface area contributed by atoms with Gasteiger partial charge >= 0.3 is 0 Å². The first kappa shape index (κ1) is 15.4. The first-order valence-electron chi connectivity index (χ1n) is 6.13. The molecule has 1 saturated heterocycles. The van der Waals surface area contributed by atoms with Crippen LogP contribution in [0.15, 0.2) is 17.3 Å². The van der Waals surface area contributed by atoms with Crippen molar-refractivity contribution in [3.05, 3.63) is 22.2 Å². The smallest absolute Gasteiger partial charge is 0.168 e. The van der Waals surface area contributed by atoms with E-state index in [1.54, 1.807) is 12.1 Å². The Hall–Kier alpha value is -0.540. The number of nitrogens with one attached hydrogen (secondary N) is 1. The molecule has 0 amide bonds. The van der Waals surface area contributed by atoms with Gasteiger partial charge < -0.3 is 25.0 Å². The lowest BCUT2D eigenvalue weighted by Gasteiger charge is -2.11. The van der Waals surface area contributed by atoms with Gasteiger partial charge in [-0.15, -0.1) is 0 Å². The molecule has 0 radical (unpaired) electrons. The summed E-state index contributed by atoms with van der Waals surface area (Å²) in [5, 5.41) is 30.0. The average Bonchev–Trinajstić information content (AvgIpc) is 2.94. The second-order valence-corrected chi connectivity index (χ2v) is 6.55. The van der Waals surface area contributed by atoms with Crippen molar-refractivity contribution < 1.29 is 20.1 Å². The van der Waals surface area contributed by atoms with E-state index in [2.05, 4.69) is 9.97 Å². The first-order chi connectivity index (χ1) is 9.99. The first-order valence-corrected chi connectivity index (χ1v) is 7.77. The maximum absolute atomic E-state index is 9.89. The molecule has 1 fully saturated rings. The molecule has 1 aliphatic rings. The van der Waals surface area contributed by atoms with Crippen molar-refractivity contribution in [2.75, 3.05) is 6.61 Å². The van der Waals surface area contributed by atoms with E-state index >= 15 is 0 Å². The van der Waals surface area contributed by atoms with E-state index in [9.17, 15) is 10.2 Å². The fraction of sp³-hybridized carbons (Fsp3) is 0.417. The lowest BCUT2D eigenvalue weighted by Crippen LogP contribution is -2.33. The van der Waals surface area contributed by atoms with Crippen LogP contribution in [-0.4, -0.2) is 55.6 Å². The number of rotatable bonds is 3. The highest BCUT2D eigenvalue weighted by Crippen LogP contribution is 2.35. The van der Waals surface area contributed by atoms with Gasteiger partial charge in [-0.25, -0.2) is 4.98 Å². The van der Waals surface area contributed by atoms with Gasteiger partial charge in [-0.2, -0.15) is 0 Å². The molecule has 9 heteroatoms. The van der Waals surface area contributed by atoms with Crippen molar-refractivity contribution in [1.82, 2.24) is 9.97 Å².